The molecule has 0 aromatic carbocycles. The van der Waals surface area contributed by atoms with Crippen LogP contribution in [0, 0.1) is 5.21 Å². The average molecular weight is 500 g/mol. The zero-order valence-electron chi connectivity index (χ0n) is 22.0. The second-order valence-electron chi connectivity index (χ2n) is 9.96. The Bertz CT molecular complexity index is 665. The van der Waals surface area contributed by atoms with Gasteiger partial charge in [0, 0.05) is 36.8 Å². The average Bonchev–Trinajstić information content (AvgIpc) is 2.77. The van der Waals surface area contributed by atoms with Crippen LogP contribution >= 0.6 is 14.3 Å². The second-order valence-corrected chi connectivity index (χ2v) is 16.6. The third kappa shape index (κ3) is 12.1. The molecule has 0 unspecified atom stereocenters. The van der Waals surface area contributed by atoms with E-state index >= 15 is 0 Å². The summed E-state index contributed by atoms with van der Waals surface area (Å²) in [6.07, 6.45) is 16.4. The minimum Gasteiger partial charge on any atom is -0.618 e. The minimum atomic E-state index is -2.43. The van der Waals surface area contributed by atoms with Gasteiger partial charge in [0.25, 0.3) is 0 Å². The van der Waals surface area contributed by atoms with Crippen LogP contribution in [0.4, 0.5) is 0 Å². The van der Waals surface area contributed by atoms with Crippen LogP contribution < -0.4 is 4.73 Å². The molecule has 0 saturated heterocycles. The molecule has 0 aliphatic carbocycles. The van der Waals surface area contributed by atoms with Crippen molar-refractivity contribution >= 4 is 14.3 Å². The van der Waals surface area contributed by atoms with E-state index in [1.807, 2.05) is 18.2 Å². The molecule has 0 aliphatic heterocycles. The maximum Gasteiger partial charge on any atom is 0.200 e. The Hall–Kier alpha value is -0.590. The first kappa shape index (κ1) is 30.4. The largest absolute Gasteiger partial charge is 0.618 e. The van der Waals surface area contributed by atoms with E-state index in [-0.39, 0.29) is 0 Å². The monoisotopic (exact) mass is 499 g/mol. The summed E-state index contributed by atoms with van der Waals surface area (Å²) in [6.45, 7) is 8.65. The zero-order chi connectivity index (χ0) is 24.6. The van der Waals surface area contributed by atoms with E-state index in [1.165, 1.54) is 0 Å². The van der Waals surface area contributed by atoms with Gasteiger partial charge in [-0.1, -0.05) is 79.1 Å². The van der Waals surface area contributed by atoms with Gasteiger partial charge in [0.2, 0.25) is 0 Å². The van der Waals surface area contributed by atoms with E-state index in [2.05, 4.69) is 27.7 Å². The van der Waals surface area contributed by atoms with Crippen LogP contribution in [0.5, 0.6) is 0 Å². The lowest BCUT2D eigenvalue weighted by molar-refractivity contribution is -0.620. The fraction of sp³-hybridized carbons (Fsp3) is 0.815. The van der Waals surface area contributed by atoms with Crippen LogP contribution in [-0.2, 0) is 21.5 Å². The van der Waals surface area contributed by atoms with Crippen LogP contribution in [0.3, 0.4) is 0 Å². The highest BCUT2D eigenvalue weighted by Crippen LogP contribution is 2.52. The molecule has 0 saturated carbocycles. The first-order valence-electron chi connectivity index (χ1n) is 13.7. The first-order valence-corrected chi connectivity index (χ1v) is 18.2. The topological polar surface area (TPSA) is 61.1 Å². The van der Waals surface area contributed by atoms with Crippen molar-refractivity contribution in [2.75, 3.05) is 24.6 Å². The molecular weight excluding hydrogens is 448 g/mol. The minimum absolute atomic E-state index is 0.383. The van der Waals surface area contributed by atoms with Crippen LogP contribution in [0.25, 0.3) is 0 Å². The van der Waals surface area contributed by atoms with Crippen molar-refractivity contribution in [1.82, 2.24) is 0 Å². The molecule has 192 valence electrons. The molecule has 0 radical (unpaired) electrons. The number of hydrogen-bond acceptors (Lipinski definition) is 3. The number of aromatic nitrogens is 1. The standard InChI is InChI=1S/C27H51NO3P2/c1-5-9-13-20-32(30,21-14-10-6-2)24-26-18-17-19-27(28(26)29)25-33(31,22-15-11-7-3)23-16-12-8-4/h17-19H,5-16,20-25H2,1-4H3. The summed E-state index contributed by atoms with van der Waals surface area (Å²) in [5.74, 6) is 0. The third-order valence-electron chi connectivity index (χ3n) is 6.68. The highest BCUT2D eigenvalue weighted by Gasteiger charge is 2.29. The molecular formula is C27H51NO3P2. The lowest BCUT2D eigenvalue weighted by atomic mass is 10.3. The maximum absolute atomic E-state index is 13.8. The lowest BCUT2D eigenvalue weighted by Crippen LogP contribution is -2.37. The van der Waals surface area contributed by atoms with Crippen molar-refractivity contribution in [2.45, 2.75) is 117 Å². The summed E-state index contributed by atoms with van der Waals surface area (Å²) in [5.41, 5.74) is 1.22. The SMILES string of the molecule is CCCCCP(=O)(CCCCC)Cc1cccc(CP(=O)(CCCCC)CCCCC)[n+]1[O-]. The molecule has 1 aromatic heterocycles. The smallest absolute Gasteiger partial charge is 0.200 e. The van der Waals surface area contributed by atoms with E-state index < -0.39 is 14.3 Å². The Kier molecular flexibility index (Phi) is 15.6. The Morgan fingerprint density at radius 2 is 0.909 bits per heavy atom. The molecule has 1 aromatic rings. The van der Waals surface area contributed by atoms with Crippen molar-refractivity contribution in [1.29, 1.82) is 0 Å². The van der Waals surface area contributed by atoms with Crippen molar-refractivity contribution in [3.05, 3.63) is 34.8 Å². The van der Waals surface area contributed by atoms with Gasteiger partial charge in [-0.3, -0.25) is 0 Å². The summed E-state index contributed by atoms with van der Waals surface area (Å²) in [7, 11) is -4.86. The van der Waals surface area contributed by atoms with E-state index in [1.54, 1.807) is 0 Å². The van der Waals surface area contributed by atoms with Gasteiger partial charge in [-0.2, -0.15) is 4.73 Å². The zero-order valence-corrected chi connectivity index (χ0v) is 23.8. The van der Waals surface area contributed by atoms with Gasteiger partial charge < -0.3 is 14.3 Å². The molecule has 0 atom stereocenters. The van der Waals surface area contributed by atoms with Gasteiger partial charge >= 0.3 is 0 Å². The van der Waals surface area contributed by atoms with Gasteiger partial charge in [0.05, 0.1) is 26.6 Å². The van der Waals surface area contributed by atoms with Gasteiger partial charge in [-0.25, -0.2) is 0 Å². The molecule has 6 heteroatoms. The summed E-state index contributed by atoms with van der Waals surface area (Å²) < 4.78 is 28.6. The Labute approximate surface area is 204 Å². The molecule has 0 aliphatic rings. The lowest BCUT2D eigenvalue weighted by Gasteiger charge is -2.21. The summed E-state index contributed by atoms with van der Waals surface area (Å²) in [5, 5.41) is 13.3. The van der Waals surface area contributed by atoms with Gasteiger partial charge in [-0.05, 0) is 31.7 Å². The molecule has 0 amide bonds. The van der Waals surface area contributed by atoms with Gasteiger partial charge in [0.15, 0.2) is 11.4 Å². The summed E-state index contributed by atoms with van der Waals surface area (Å²) in [6, 6.07) is 5.58. The number of unbranched alkanes of at least 4 members (excludes halogenated alkanes) is 8. The van der Waals surface area contributed by atoms with Crippen molar-refractivity contribution in [2.24, 2.45) is 0 Å². The number of pyridine rings is 1. The van der Waals surface area contributed by atoms with Crippen LogP contribution in [0.1, 0.15) is 116 Å². The van der Waals surface area contributed by atoms with Crippen LogP contribution in [-0.4, -0.2) is 24.6 Å². The van der Waals surface area contributed by atoms with E-state index in [0.29, 0.717) is 23.7 Å². The molecule has 4 nitrogen and oxygen atoms in total. The van der Waals surface area contributed by atoms with Gasteiger partial charge in [0.1, 0.15) is 0 Å². The normalized spacial score (nSPS) is 12.4. The molecule has 0 spiro atoms. The number of rotatable bonds is 20. The third-order valence-corrected chi connectivity index (χ3v) is 13.0. The Morgan fingerprint density at radius 3 is 1.18 bits per heavy atom. The Balaban J connectivity index is 3.05. The predicted molar refractivity (Wildman–Crippen MR) is 146 cm³/mol. The summed E-state index contributed by atoms with van der Waals surface area (Å²) >= 11 is 0. The molecule has 0 bridgehead atoms. The van der Waals surface area contributed by atoms with E-state index in [9.17, 15) is 14.3 Å². The van der Waals surface area contributed by atoms with Gasteiger partial charge in [-0.15, -0.1) is 0 Å². The molecule has 0 fully saturated rings. The number of hydrogen-bond donors (Lipinski definition) is 0. The molecule has 1 heterocycles. The highest BCUT2D eigenvalue weighted by molar-refractivity contribution is 7.63. The second kappa shape index (κ2) is 16.9. The van der Waals surface area contributed by atoms with E-state index in [0.717, 1.165) is 106 Å². The van der Waals surface area contributed by atoms with Crippen LogP contribution in [0.15, 0.2) is 18.2 Å². The first-order chi connectivity index (χ1) is 15.8. The van der Waals surface area contributed by atoms with E-state index in [4.69, 9.17) is 0 Å². The fourth-order valence-electron chi connectivity index (χ4n) is 4.55. The fourth-order valence-corrected chi connectivity index (χ4v) is 10.5. The van der Waals surface area contributed by atoms with Crippen LogP contribution in [0.2, 0.25) is 0 Å². The quantitative estimate of drug-likeness (QED) is 0.0779. The molecule has 33 heavy (non-hydrogen) atoms. The van der Waals surface area contributed by atoms with Crippen molar-refractivity contribution in [3.8, 4) is 0 Å². The Morgan fingerprint density at radius 1 is 0.606 bits per heavy atom. The molecule has 0 N–H and O–H groups in total. The molecule has 1 rings (SSSR count). The number of nitrogens with zero attached hydrogens (tertiary/aromatic N) is 1. The van der Waals surface area contributed by atoms with Crippen molar-refractivity contribution < 1.29 is 13.9 Å². The van der Waals surface area contributed by atoms with Crippen molar-refractivity contribution in [3.63, 3.8) is 0 Å². The highest BCUT2D eigenvalue weighted by atomic mass is 31.2. The summed E-state index contributed by atoms with van der Waals surface area (Å²) in [4.78, 5) is 0. The predicted octanol–water partition coefficient (Wildman–Crippen LogP) is 8.81. The maximum atomic E-state index is 13.8.